The van der Waals surface area contributed by atoms with Gasteiger partial charge in [-0.2, -0.15) is 5.10 Å². The van der Waals surface area contributed by atoms with Gasteiger partial charge in [0, 0.05) is 32.7 Å². The number of fused-ring (bicyclic) bond motifs is 1. The highest BCUT2D eigenvalue weighted by Gasteiger charge is 2.34. The van der Waals surface area contributed by atoms with Crippen LogP contribution in [0.25, 0.3) is 5.69 Å². The van der Waals surface area contributed by atoms with Crippen LogP contribution >= 0.6 is 0 Å². The van der Waals surface area contributed by atoms with E-state index >= 15 is 0 Å². The van der Waals surface area contributed by atoms with Gasteiger partial charge in [0.15, 0.2) is 5.69 Å². The standard InChI is InChI=1S/C23H26N6O2/c24-23(30)22-21-20(19(10-11-26-21)28-14-12-25-13-15-28)27-29(22)16-6-8-18(9-7-16)31-17-4-2-1-3-5-17/h1-9,19,25-26H,10-15H2,(H2,24,30)/t19-/m1/s1. The number of amides is 1. The number of rotatable bonds is 5. The number of primary amides is 1. The second-order valence-corrected chi connectivity index (χ2v) is 7.81. The van der Waals surface area contributed by atoms with Crippen LogP contribution in [0.2, 0.25) is 0 Å². The molecule has 2 aliphatic heterocycles. The fourth-order valence-electron chi connectivity index (χ4n) is 4.36. The van der Waals surface area contributed by atoms with Crippen LogP contribution < -0.4 is 21.1 Å². The first-order valence-corrected chi connectivity index (χ1v) is 10.7. The van der Waals surface area contributed by atoms with Crippen LogP contribution in [0.1, 0.15) is 28.6 Å². The summed E-state index contributed by atoms with van der Waals surface area (Å²) >= 11 is 0. The predicted molar refractivity (Wildman–Crippen MR) is 119 cm³/mol. The highest BCUT2D eigenvalue weighted by molar-refractivity contribution is 5.98. The molecule has 0 aliphatic carbocycles. The van der Waals surface area contributed by atoms with E-state index in [4.69, 9.17) is 15.6 Å². The zero-order valence-corrected chi connectivity index (χ0v) is 17.3. The molecule has 2 aromatic carbocycles. The average molecular weight is 419 g/mol. The molecular weight excluding hydrogens is 392 g/mol. The number of nitrogens with two attached hydrogens (primary N) is 1. The van der Waals surface area contributed by atoms with Gasteiger partial charge in [0.1, 0.15) is 17.2 Å². The highest BCUT2D eigenvalue weighted by Crippen LogP contribution is 2.37. The maximum Gasteiger partial charge on any atom is 0.269 e. The lowest BCUT2D eigenvalue weighted by molar-refractivity contribution is 0.0993. The van der Waals surface area contributed by atoms with Gasteiger partial charge in [0.25, 0.3) is 5.91 Å². The Kier molecular flexibility index (Phi) is 5.31. The minimum atomic E-state index is -0.494. The topological polar surface area (TPSA) is 97.4 Å². The highest BCUT2D eigenvalue weighted by atomic mass is 16.5. The molecular formula is C23H26N6O2. The summed E-state index contributed by atoms with van der Waals surface area (Å²) in [6, 6.07) is 17.3. The first-order chi connectivity index (χ1) is 15.2. The van der Waals surface area contributed by atoms with Crippen molar-refractivity contribution >= 4 is 11.6 Å². The molecule has 1 aromatic heterocycles. The Morgan fingerprint density at radius 2 is 1.71 bits per heavy atom. The molecule has 3 aromatic rings. The molecule has 8 nitrogen and oxygen atoms in total. The molecule has 3 heterocycles. The third kappa shape index (κ3) is 3.87. The van der Waals surface area contributed by atoms with E-state index in [0.717, 1.165) is 62.0 Å². The molecule has 0 spiro atoms. The Labute approximate surface area is 181 Å². The number of nitrogens with zero attached hydrogens (tertiary/aromatic N) is 3. The molecule has 0 unspecified atom stereocenters. The number of nitrogens with one attached hydrogen (secondary N) is 2. The number of carbonyl (C=O) groups is 1. The van der Waals surface area contributed by atoms with E-state index in [1.807, 2.05) is 54.6 Å². The van der Waals surface area contributed by atoms with Crippen molar-refractivity contribution in [2.45, 2.75) is 12.5 Å². The van der Waals surface area contributed by atoms with Gasteiger partial charge in [-0.3, -0.25) is 9.69 Å². The van der Waals surface area contributed by atoms with E-state index in [1.54, 1.807) is 4.68 Å². The quantitative estimate of drug-likeness (QED) is 0.589. The molecule has 8 heteroatoms. The Morgan fingerprint density at radius 3 is 2.42 bits per heavy atom. The third-order valence-electron chi connectivity index (χ3n) is 5.83. The number of ether oxygens (including phenoxy) is 1. The molecule has 1 fully saturated rings. The monoisotopic (exact) mass is 418 g/mol. The molecule has 2 aliphatic rings. The predicted octanol–water partition coefficient (Wildman–Crippen LogP) is 2.53. The lowest BCUT2D eigenvalue weighted by Crippen LogP contribution is -2.46. The molecule has 1 saturated heterocycles. The molecule has 4 N–H and O–H groups in total. The SMILES string of the molecule is NC(=O)c1c2c(nn1-c1ccc(Oc3ccccc3)cc1)[C@H](N1CCNCC1)CCN2. The second-order valence-electron chi connectivity index (χ2n) is 7.81. The Hall–Kier alpha value is -3.36. The normalized spacial score (nSPS) is 18.8. The van der Waals surface area contributed by atoms with Gasteiger partial charge in [-0.1, -0.05) is 18.2 Å². The lowest BCUT2D eigenvalue weighted by Gasteiger charge is -2.36. The number of piperazine rings is 1. The zero-order valence-electron chi connectivity index (χ0n) is 17.3. The molecule has 0 radical (unpaired) electrons. The maximum absolute atomic E-state index is 12.4. The molecule has 1 amide bonds. The zero-order chi connectivity index (χ0) is 21.2. The summed E-state index contributed by atoms with van der Waals surface area (Å²) in [5, 5.41) is 11.6. The summed E-state index contributed by atoms with van der Waals surface area (Å²) in [4.78, 5) is 14.8. The van der Waals surface area contributed by atoms with Crippen molar-refractivity contribution in [3.8, 4) is 17.2 Å². The van der Waals surface area contributed by atoms with Crippen molar-refractivity contribution in [1.29, 1.82) is 0 Å². The summed E-state index contributed by atoms with van der Waals surface area (Å²) in [5.41, 5.74) is 8.60. The van der Waals surface area contributed by atoms with E-state index < -0.39 is 5.91 Å². The van der Waals surface area contributed by atoms with Crippen LogP contribution in [-0.2, 0) is 0 Å². The lowest BCUT2D eigenvalue weighted by atomic mass is 10.0. The molecule has 0 bridgehead atoms. The average Bonchev–Trinajstić information content (AvgIpc) is 3.21. The molecule has 0 saturated carbocycles. The van der Waals surface area contributed by atoms with Crippen LogP contribution in [-0.4, -0.2) is 53.3 Å². The van der Waals surface area contributed by atoms with Crippen molar-refractivity contribution in [2.75, 3.05) is 38.0 Å². The molecule has 1 atom stereocenters. The van der Waals surface area contributed by atoms with E-state index in [9.17, 15) is 4.79 Å². The van der Waals surface area contributed by atoms with Crippen LogP contribution in [0, 0.1) is 0 Å². The van der Waals surface area contributed by atoms with Gasteiger partial charge in [0.2, 0.25) is 0 Å². The summed E-state index contributed by atoms with van der Waals surface area (Å²) in [6.45, 7) is 4.65. The fourth-order valence-corrected chi connectivity index (χ4v) is 4.36. The summed E-state index contributed by atoms with van der Waals surface area (Å²) in [6.07, 6.45) is 0.950. The van der Waals surface area contributed by atoms with Gasteiger partial charge in [-0.05, 0) is 42.8 Å². The van der Waals surface area contributed by atoms with E-state index in [1.165, 1.54) is 0 Å². The Bertz CT molecular complexity index is 1060. The first-order valence-electron chi connectivity index (χ1n) is 10.7. The van der Waals surface area contributed by atoms with Gasteiger partial charge in [0.05, 0.1) is 17.4 Å². The molecule has 31 heavy (non-hydrogen) atoms. The van der Waals surface area contributed by atoms with Crippen molar-refractivity contribution in [2.24, 2.45) is 5.73 Å². The Balaban J connectivity index is 1.47. The largest absolute Gasteiger partial charge is 0.457 e. The minimum absolute atomic E-state index is 0.179. The summed E-state index contributed by atoms with van der Waals surface area (Å²) < 4.78 is 7.54. The number of anilines is 1. The number of hydrogen-bond donors (Lipinski definition) is 3. The smallest absolute Gasteiger partial charge is 0.269 e. The number of hydrogen-bond acceptors (Lipinski definition) is 6. The number of carbonyl (C=O) groups excluding carboxylic acids is 1. The fraction of sp³-hybridized carbons (Fsp3) is 0.304. The number of benzene rings is 2. The Morgan fingerprint density at radius 1 is 1.00 bits per heavy atom. The van der Waals surface area contributed by atoms with Crippen LogP contribution in [0.5, 0.6) is 11.5 Å². The number of aromatic nitrogens is 2. The first kappa shape index (κ1) is 19.6. The van der Waals surface area contributed by atoms with Crippen molar-refractivity contribution < 1.29 is 9.53 Å². The molecule has 5 rings (SSSR count). The van der Waals surface area contributed by atoms with Crippen LogP contribution in [0.4, 0.5) is 5.69 Å². The molecule has 160 valence electrons. The van der Waals surface area contributed by atoms with Crippen molar-refractivity contribution in [1.82, 2.24) is 20.0 Å². The van der Waals surface area contributed by atoms with E-state index in [2.05, 4.69) is 15.5 Å². The second kappa shape index (κ2) is 8.41. The van der Waals surface area contributed by atoms with Gasteiger partial charge in [-0.25, -0.2) is 4.68 Å². The van der Waals surface area contributed by atoms with Gasteiger partial charge in [-0.15, -0.1) is 0 Å². The summed E-state index contributed by atoms with van der Waals surface area (Å²) in [5.74, 6) is 0.988. The van der Waals surface area contributed by atoms with E-state index in [0.29, 0.717) is 11.4 Å². The van der Waals surface area contributed by atoms with E-state index in [-0.39, 0.29) is 6.04 Å². The van der Waals surface area contributed by atoms with Crippen molar-refractivity contribution in [3.63, 3.8) is 0 Å². The maximum atomic E-state index is 12.4. The third-order valence-corrected chi connectivity index (χ3v) is 5.83. The van der Waals surface area contributed by atoms with Crippen LogP contribution in [0.3, 0.4) is 0 Å². The summed E-state index contributed by atoms with van der Waals surface area (Å²) in [7, 11) is 0. The van der Waals surface area contributed by atoms with Crippen LogP contribution in [0.15, 0.2) is 54.6 Å². The van der Waals surface area contributed by atoms with Crippen molar-refractivity contribution in [3.05, 3.63) is 66.0 Å². The van der Waals surface area contributed by atoms with Gasteiger partial charge < -0.3 is 21.1 Å². The number of para-hydroxylation sites is 1. The van der Waals surface area contributed by atoms with Gasteiger partial charge >= 0.3 is 0 Å². The minimum Gasteiger partial charge on any atom is -0.457 e.